The van der Waals surface area contributed by atoms with Crippen LogP contribution in [-0.2, 0) is 9.47 Å². The van der Waals surface area contributed by atoms with E-state index in [-0.39, 0.29) is 24.3 Å². The maximum atomic E-state index is 12.2. The van der Waals surface area contributed by atoms with Gasteiger partial charge in [-0.1, -0.05) is 6.92 Å². The summed E-state index contributed by atoms with van der Waals surface area (Å²) in [4.78, 5) is 14.0. The summed E-state index contributed by atoms with van der Waals surface area (Å²) < 4.78 is 11.6. The SMILES string of the molecule is CC[C@@H](CO)NC1CCOC2(CCN(C(=O)OC(C)(C)C)CC2)C1. The summed E-state index contributed by atoms with van der Waals surface area (Å²) in [6.45, 7) is 10.0. The van der Waals surface area contributed by atoms with E-state index in [9.17, 15) is 9.90 Å². The smallest absolute Gasteiger partial charge is 0.410 e. The number of hydrogen-bond donors (Lipinski definition) is 2. The third kappa shape index (κ3) is 5.33. The molecule has 2 fully saturated rings. The van der Waals surface area contributed by atoms with Crippen LogP contribution in [0.1, 0.15) is 59.8 Å². The van der Waals surface area contributed by atoms with Crippen LogP contribution in [0.3, 0.4) is 0 Å². The normalized spacial score (nSPS) is 25.5. The van der Waals surface area contributed by atoms with Crippen molar-refractivity contribution in [3.8, 4) is 0 Å². The monoisotopic (exact) mass is 342 g/mol. The van der Waals surface area contributed by atoms with Crippen molar-refractivity contribution in [2.45, 2.75) is 83.1 Å². The minimum absolute atomic E-state index is 0.137. The van der Waals surface area contributed by atoms with Gasteiger partial charge in [-0.15, -0.1) is 0 Å². The van der Waals surface area contributed by atoms with Crippen LogP contribution in [0.2, 0.25) is 0 Å². The maximum absolute atomic E-state index is 12.2. The molecule has 2 aliphatic heterocycles. The molecule has 2 aliphatic rings. The molecular formula is C18H34N2O4. The highest BCUT2D eigenvalue weighted by Gasteiger charge is 2.42. The molecule has 1 spiro atoms. The molecule has 6 nitrogen and oxygen atoms in total. The van der Waals surface area contributed by atoms with Crippen LogP contribution in [0.25, 0.3) is 0 Å². The Morgan fingerprint density at radius 2 is 2.08 bits per heavy atom. The number of rotatable bonds is 4. The van der Waals surface area contributed by atoms with Crippen LogP contribution in [-0.4, -0.2) is 65.7 Å². The molecule has 1 amide bonds. The molecule has 1 unspecified atom stereocenters. The van der Waals surface area contributed by atoms with E-state index in [1.165, 1.54) is 0 Å². The predicted molar refractivity (Wildman–Crippen MR) is 93.0 cm³/mol. The van der Waals surface area contributed by atoms with Gasteiger partial charge < -0.3 is 24.8 Å². The highest BCUT2D eigenvalue weighted by Crippen LogP contribution is 2.35. The number of carbonyl (C=O) groups is 1. The second kappa shape index (κ2) is 8.02. The van der Waals surface area contributed by atoms with Gasteiger partial charge >= 0.3 is 6.09 Å². The number of piperidine rings is 1. The van der Waals surface area contributed by atoms with Gasteiger partial charge in [0.25, 0.3) is 0 Å². The molecule has 0 radical (unpaired) electrons. The van der Waals surface area contributed by atoms with E-state index in [0.717, 1.165) is 38.7 Å². The summed E-state index contributed by atoms with van der Waals surface area (Å²) in [6.07, 6.45) is 4.32. The van der Waals surface area contributed by atoms with Crippen molar-refractivity contribution in [1.82, 2.24) is 10.2 Å². The first-order chi connectivity index (χ1) is 11.3. The molecule has 0 aromatic carbocycles. The third-order valence-electron chi connectivity index (χ3n) is 5.00. The van der Waals surface area contributed by atoms with Gasteiger partial charge in [-0.25, -0.2) is 4.79 Å². The minimum Gasteiger partial charge on any atom is -0.444 e. The molecule has 2 N–H and O–H groups in total. The third-order valence-corrected chi connectivity index (χ3v) is 5.00. The van der Waals surface area contributed by atoms with Crippen molar-refractivity contribution in [2.24, 2.45) is 0 Å². The van der Waals surface area contributed by atoms with Gasteiger partial charge in [-0.05, 0) is 52.9 Å². The van der Waals surface area contributed by atoms with E-state index in [0.29, 0.717) is 19.1 Å². The second-order valence-corrected chi connectivity index (χ2v) is 8.14. The van der Waals surface area contributed by atoms with Crippen LogP contribution < -0.4 is 5.32 Å². The topological polar surface area (TPSA) is 71.0 Å². The molecule has 0 bridgehead atoms. The molecule has 2 saturated heterocycles. The lowest BCUT2D eigenvalue weighted by molar-refractivity contribution is -0.119. The molecule has 6 heteroatoms. The molecule has 0 aromatic heterocycles. The summed E-state index contributed by atoms with van der Waals surface area (Å²) in [5.74, 6) is 0. The number of amides is 1. The number of likely N-dealkylation sites (tertiary alicyclic amines) is 1. The van der Waals surface area contributed by atoms with E-state index >= 15 is 0 Å². The number of ether oxygens (including phenoxy) is 2. The first-order valence-electron chi connectivity index (χ1n) is 9.26. The Hall–Kier alpha value is -0.850. The number of carbonyl (C=O) groups excluding carboxylic acids is 1. The van der Waals surface area contributed by atoms with Gasteiger partial charge in [0.15, 0.2) is 0 Å². The molecule has 0 aromatic rings. The quantitative estimate of drug-likeness (QED) is 0.820. The minimum atomic E-state index is -0.456. The lowest BCUT2D eigenvalue weighted by atomic mass is 9.82. The number of nitrogens with zero attached hydrogens (tertiary/aromatic N) is 1. The number of hydrogen-bond acceptors (Lipinski definition) is 5. The van der Waals surface area contributed by atoms with Crippen molar-refractivity contribution in [3.05, 3.63) is 0 Å². The molecule has 2 heterocycles. The Labute approximate surface area is 145 Å². The van der Waals surface area contributed by atoms with E-state index in [2.05, 4.69) is 12.2 Å². The molecule has 2 rings (SSSR count). The fourth-order valence-corrected chi connectivity index (χ4v) is 3.57. The van der Waals surface area contributed by atoms with E-state index < -0.39 is 5.60 Å². The zero-order chi connectivity index (χ0) is 17.8. The van der Waals surface area contributed by atoms with Gasteiger partial charge in [0.05, 0.1) is 12.2 Å². The standard InChI is InChI=1S/C18H34N2O4/c1-5-14(13-21)19-15-6-11-23-18(12-15)7-9-20(10-8-18)16(22)24-17(2,3)4/h14-15,19,21H,5-13H2,1-4H3/t14-,15?/m0/s1. The summed E-state index contributed by atoms with van der Waals surface area (Å²) in [5, 5.41) is 13.0. The molecule has 2 atom stereocenters. The van der Waals surface area contributed by atoms with Gasteiger partial charge in [-0.3, -0.25) is 0 Å². The number of aliphatic hydroxyl groups is 1. The van der Waals surface area contributed by atoms with Crippen molar-refractivity contribution in [2.75, 3.05) is 26.3 Å². The summed E-state index contributed by atoms with van der Waals surface area (Å²) in [6, 6.07) is 0.538. The highest BCUT2D eigenvalue weighted by molar-refractivity contribution is 5.68. The van der Waals surface area contributed by atoms with Crippen LogP contribution in [0.15, 0.2) is 0 Å². The van der Waals surface area contributed by atoms with Crippen molar-refractivity contribution in [1.29, 1.82) is 0 Å². The lowest BCUT2D eigenvalue weighted by Gasteiger charge is -2.46. The molecule has 24 heavy (non-hydrogen) atoms. The number of nitrogens with one attached hydrogen (secondary N) is 1. The van der Waals surface area contributed by atoms with Crippen LogP contribution in [0.4, 0.5) is 4.79 Å². The summed E-state index contributed by atoms with van der Waals surface area (Å²) >= 11 is 0. The predicted octanol–water partition coefficient (Wildman–Crippen LogP) is 2.30. The van der Waals surface area contributed by atoms with E-state index in [1.54, 1.807) is 4.90 Å². The largest absolute Gasteiger partial charge is 0.444 e. The zero-order valence-corrected chi connectivity index (χ0v) is 15.6. The van der Waals surface area contributed by atoms with Gasteiger partial charge in [0, 0.05) is 31.8 Å². The first-order valence-corrected chi connectivity index (χ1v) is 9.26. The van der Waals surface area contributed by atoms with E-state index in [4.69, 9.17) is 9.47 Å². The van der Waals surface area contributed by atoms with Gasteiger partial charge in [-0.2, -0.15) is 0 Å². The van der Waals surface area contributed by atoms with Crippen LogP contribution in [0.5, 0.6) is 0 Å². The Morgan fingerprint density at radius 3 is 2.62 bits per heavy atom. The summed E-state index contributed by atoms with van der Waals surface area (Å²) in [5.41, 5.74) is -0.593. The summed E-state index contributed by atoms with van der Waals surface area (Å²) in [7, 11) is 0. The second-order valence-electron chi connectivity index (χ2n) is 8.14. The number of aliphatic hydroxyl groups excluding tert-OH is 1. The Morgan fingerprint density at radius 1 is 1.42 bits per heavy atom. The molecule has 140 valence electrons. The van der Waals surface area contributed by atoms with Crippen molar-refractivity contribution in [3.63, 3.8) is 0 Å². The highest BCUT2D eigenvalue weighted by atomic mass is 16.6. The fraction of sp³-hybridized carbons (Fsp3) is 0.944. The van der Waals surface area contributed by atoms with Crippen molar-refractivity contribution >= 4 is 6.09 Å². The Bertz CT molecular complexity index is 410. The average Bonchev–Trinajstić information content (AvgIpc) is 2.52. The average molecular weight is 342 g/mol. The van der Waals surface area contributed by atoms with E-state index in [1.807, 2.05) is 20.8 Å². The van der Waals surface area contributed by atoms with Gasteiger partial charge in [0.2, 0.25) is 0 Å². The van der Waals surface area contributed by atoms with Crippen LogP contribution in [0, 0.1) is 0 Å². The fourth-order valence-electron chi connectivity index (χ4n) is 3.57. The van der Waals surface area contributed by atoms with Crippen LogP contribution >= 0.6 is 0 Å². The zero-order valence-electron chi connectivity index (χ0n) is 15.6. The first kappa shape index (κ1) is 19.5. The Balaban J connectivity index is 1.86. The molecule has 0 aliphatic carbocycles. The maximum Gasteiger partial charge on any atom is 0.410 e. The lowest BCUT2D eigenvalue weighted by Crippen LogP contribution is -2.55. The van der Waals surface area contributed by atoms with Crippen molar-refractivity contribution < 1.29 is 19.4 Å². The molecule has 0 saturated carbocycles. The Kier molecular flexibility index (Phi) is 6.51. The molecular weight excluding hydrogens is 308 g/mol. The van der Waals surface area contributed by atoms with Gasteiger partial charge in [0.1, 0.15) is 5.60 Å².